The van der Waals surface area contributed by atoms with Crippen LogP contribution in [0, 0.1) is 6.92 Å². The summed E-state index contributed by atoms with van der Waals surface area (Å²) in [5, 5.41) is 4.44. The van der Waals surface area contributed by atoms with Gasteiger partial charge in [0.25, 0.3) is 11.3 Å². The molecule has 2 aromatic heterocycles. The topological polar surface area (TPSA) is 63.1 Å². The van der Waals surface area contributed by atoms with E-state index in [0.29, 0.717) is 33.6 Å². The van der Waals surface area contributed by atoms with Gasteiger partial charge in [-0.2, -0.15) is 9.50 Å². The third-order valence-electron chi connectivity index (χ3n) is 4.29. The fraction of sp³-hybridized carbons (Fsp3) is 0.150. The van der Waals surface area contributed by atoms with Crippen molar-refractivity contribution in [1.82, 2.24) is 19.6 Å². The van der Waals surface area contributed by atoms with Crippen LogP contribution in [-0.2, 0) is 12.2 Å². The van der Waals surface area contributed by atoms with Gasteiger partial charge in [-0.05, 0) is 30.2 Å². The second kappa shape index (κ2) is 7.58. The van der Waals surface area contributed by atoms with Crippen molar-refractivity contribution >= 4 is 29.1 Å². The molecule has 0 aliphatic heterocycles. The Morgan fingerprint density at radius 1 is 1.04 bits per heavy atom. The molecule has 0 unspecified atom stereocenters. The summed E-state index contributed by atoms with van der Waals surface area (Å²) >= 11 is 7.44. The first-order valence-corrected chi connectivity index (χ1v) is 9.86. The van der Waals surface area contributed by atoms with Gasteiger partial charge in [0, 0.05) is 22.8 Å². The maximum Gasteiger partial charge on any atom is 0.277 e. The number of fused-ring (bicyclic) bond motifs is 1. The molecule has 0 saturated carbocycles. The molecule has 4 aromatic rings. The predicted molar refractivity (Wildman–Crippen MR) is 109 cm³/mol. The minimum absolute atomic E-state index is 0.104. The smallest absolute Gasteiger partial charge is 0.267 e. The van der Waals surface area contributed by atoms with E-state index in [-0.39, 0.29) is 5.56 Å². The molecule has 2 heterocycles. The van der Waals surface area contributed by atoms with E-state index in [1.165, 1.54) is 16.3 Å². The van der Waals surface area contributed by atoms with Crippen molar-refractivity contribution in [2.24, 2.45) is 0 Å². The van der Waals surface area contributed by atoms with Crippen LogP contribution in [0.1, 0.15) is 22.4 Å². The standard InChI is InChI=1S/C20H17ClN4OS/c1-13-17(11-14-5-3-2-4-6-14)18(26)25-19(22-13)23-20(24-25)27-12-15-7-9-16(21)10-8-15/h2-10H,11-12H2,1H3,(H,22,23,24). The molecule has 0 fully saturated rings. The number of rotatable bonds is 5. The van der Waals surface area contributed by atoms with Crippen molar-refractivity contribution in [3.63, 3.8) is 0 Å². The zero-order valence-electron chi connectivity index (χ0n) is 14.6. The molecule has 7 heteroatoms. The van der Waals surface area contributed by atoms with Crippen LogP contribution >= 0.6 is 23.4 Å². The molecule has 0 atom stereocenters. The van der Waals surface area contributed by atoms with E-state index in [4.69, 9.17) is 11.6 Å². The van der Waals surface area contributed by atoms with Gasteiger partial charge in [-0.3, -0.25) is 9.89 Å². The Kier molecular flexibility index (Phi) is 5.01. The van der Waals surface area contributed by atoms with Crippen LogP contribution in [0.2, 0.25) is 5.02 Å². The van der Waals surface area contributed by atoms with E-state index < -0.39 is 0 Å². The molecule has 4 rings (SSSR count). The second-order valence-electron chi connectivity index (χ2n) is 6.22. The van der Waals surface area contributed by atoms with Crippen LogP contribution in [0.15, 0.2) is 64.5 Å². The number of aromatic amines is 1. The van der Waals surface area contributed by atoms with Gasteiger partial charge in [0.1, 0.15) is 0 Å². The lowest BCUT2D eigenvalue weighted by Crippen LogP contribution is -2.22. The number of aromatic nitrogens is 4. The second-order valence-corrected chi connectivity index (χ2v) is 7.62. The molecule has 0 aliphatic carbocycles. The van der Waals surface area contributed by atoms with Crippen molar-refractivity contribution in [2.75, 3.05) is 0 Å². The molecule has 0 radical (unpaired) electrons. The van der Waals surface area contributed by atoms with Crippen molar-refractivity contribution in [1.29, 1.82) is 0 Å². The number of H-pyrrole nitrogens is 1. The Balaban J connectivity index is 1.61. The van der Waals surface area contributed by atoms with Gasteiger partial charge < -0.3 is 0 Å². The first kappa shape index (κ1) is 17.8. The lowest BCUT2D eigenvalue weighted by Gasteiger charge is -2.04. The molecule has 0 amide bonds. The molecule has 0 bridgehead atoms. The average molecular weight is 397 g/mol. The van der Waals surface area contributed by atoms with Gasteiger partial charge >= 0.3 is 0 Å². The van der Waals surface area contributed by atoms with Crippen LogP contribution in [0.3, 0.4) is 0 Å². The van der Waals surface area contributed by atoms with Gasteiger partial charge in [0.05, 0.1) is 5.69 Å². The molecular formula is C20H17ClN4OS. The van der Waals surface area contributed by atoms with Crippen LogP contribution < -0.4 is 5.56 Å². The van der Waals surface area contributed by atoms with Crippen LogP contribution in [0.5, 0.6) is 0 Å². The zero-order chi connectivity index (χ0) is 18.8. The van der Waals surface area contributed by atoms with Gasteiger partial charge in [0.2, 0.25) is 0 Å². The van der Waals surface area contributed by atoms with E-state index in [9.17, 15) is 4.79 Å². The highest BCUT2D eigenvalue weighted by Crippen LogP contribution is 2.21. The molecule has 27 heavy (non-hydrogen) atoms. The number of thioether (sulfide) groups is 1. The summed E-state index contributed by atoms with van der Waals surface area (Å²) in [5.41, 5.74) is 3.50. The number of nitrogens with zero attached hydrogens (tertiary/aromatic N) is 3. The maximum absolute atomic E-state index is 12.9. The van der Waals surface area contributed by atoms with E-state index in [1.54, 1.807) is 0 Å². The predicted octanol–water partition coefficient (Wildman–Crippen LogP) is 4.26. The first-order valence-electron chi connectivity index (χ1n) is 8.49. The summed E-state index contributed by atoms with van der Waals surface area (Å²) < 4.78 is 1.43. The molecule has 0 aliphatic rings. The van der Waals surface area contributed by atoms with Gasteiger partial charge in [-0.15, -0.1) is 0 Å². The maximum atomic E-state index is 12.9. The third-order valence-corrected chi connectivity index (χ3v) is 5.47. The monoisotopic (exact) mass is 396 g/mol. The number of hydrogen-bond donors (Lipinski definition) is 1. The number of benzene rings is 2. The fourth-order valence-electron chi connectivity index (χ4n) is 2.84. The van der Waals surface area contributed by atoms with Crippen molar-refractivity contribution in [3.05, 3.63) is 92.4 Å². The molecule has 136 valence electrons. The Hall–Kier alpha value is -2.57. The average Bonchev–Trinajstić information content (AvgIpc) is 3.08. The van der Waals surface area contributed by atoms with E-state index in [2.05, 4.69) is 15.1 Å². The van der Waals surface area contributed by atoms with E-state index in [0.717, 1.165) is 16.9 Å². The van der Waals surface area contributed by atoms with Gasteiger partial charge in [0.15, 0.2) is 5.16 Å². The minimum atomic E-state index is -0.104. The molecule has 0 saturated heterocycles. The van der Waals surface area contributed by atoms with Crippen molar-refractivity contribution < 1.29 is 0 Å². The Morgan fingerprint density at radius 3 is 2.52 bits per heavy atom. The molecular weight excluding hydrogens is 380 g/mol. The zero-order valence-corrected chi connectivity index (χ0v) is 16.2. The van der Waals surface area contributed by atoms with Gasteiger partial charge in [-0.25, -0.2) is 4.98 Å². The molecule has 2 aromatic carbocycles. The Morgan fingerprint density at radius 2 is 1.78 bits per heavy atom. The Labute approximate surface area is 165 Å². The first-order chi connectivity index (χ1) is 13.1. The molecule has 1 N–H and O–H groups in total. The van der Waals surface area contributed by atoms with Crippen molar-refractivity contribution in [2.45, 2.75) is 24.3 Å². The normalized spacial score (nSPS) is 11.2. The molecule has 5 nitrogen and oxygen atoms in total. The summed E-state index contributed by atoms with van der Waals surface area (Å²) in [6, 6.07) is 17.6. The third kappa shape index (κ3) is 3.91. The van der Waals surface area contributed by atoms with E-state index >= 15 is 0 Å². The summed E-state index contributed by atoms with van der Waals surface area (Å²) in [6.45, 7) is 1.86. The lowest BCUT2D eigenvalue weighted by atomic mass is 10.1. The minimum Gasteiger partial charge on any atom is -0.267 e. The summed E-state index contributed by atoms with van der Waals surface area (Å²) in [7, 11) is 0. The Bertz CT molecular complexity index is 1140. The highest BCUT2D eigenvalue weighted by molar-refractivity contribution is 7.98. The summed E-state index contributed by atoms with van der Waals surface area (Å²) in [4.78, 5) is 21.9. The largest absolute Gasteiger partial charge is 0.277 e. The summed E-state index contributed by atoms with van der Waals surface area (Å²) in [5.74, 6) is 1.12. The fourth-order valence-corrected chi connectivity index (χ4v) is 3.76. The quantitative estimate of drug-likeness (QED) is 0.512. The number of hydrogen-bond acceptors (Lipinski definition) is 4. The van der Waals surface area contributed by atoms with Crippen LogP contribution in [0.4, 0.5) is 0 Å². The number of aryl methyl sites for hydroxylation is 1. The van der Waals surface area contributed by atoms with Gasteiger partial charge in [-0.1, -0.05) is 65.8 Å². The van der Waals surface area contributed by atoms with E-state index in [1.807, 2.05) is 61.5 Å². The number of halogens is 1. The lowest BCUT2D eigenvalue weighted by molar-refractivity contribution is 0.825. The highest BCUT2D eigenvalue weighted by Gasteiger charge is 2.14. The van der Waals surface area contributed by atoms with Crippen LogP contribution in [-0.4, -0.2) is 19.6 Å². The highest BCUT2D eigenvalue weighted by atomic mass is 35.5. The molecule has 0 spiro atoms. The van der Waals surface area contributed by atoms with Crippen molar-refractivity contribution in [3.8, 4) is 0 Å². The summed E-state index contributed by atoms with van der Waals surface area (Å²) in [6.07, 6.45) is 0.549. The SMILES string of the molecule is Cc1nc2nc(SCc3ccc(Cl)cc3)[nH]n2c(=O)c1Cc1ccccc1. The number of nitrogens with one attached hydrogen (secondary N) is 1. The van der Waals surface area contributed by atoms with Crippen LogP contribution in [0.25, 0.3) is 5.78 Å².